The van der Waals surface area contributed by atoms with Gasteiger partial charge in [-0.2, -0.15) is 0 Å². The van der Waals surface area contributed by atoms with E-state index in [1.807, 2.05) is 32.2 Å². The van der Waals surface area contributed by atoms with E-state index in [1.165, 1.54) is 11.3 Å². The molecule has 0 unspecified atom stereocenters. The molecule has 0 aromatic carbocycles. The molecule has 21 heavy (non-hydrogen) atoms. The second-order valence-electron chi connectivity index (χ2n) is 4.67. The van der Waals surface area contributed by atoms with Gasteiger partial charge in [-0.1, -0.05) is 6.07 Å². The molecule has 0 radical (unpaired) electrons. The summed E-state index contributed by atoms with van der Waals surface area (Å²) in [6.07, 6.45) is 2.49. The van der Waals surface area contributed by atoms with Crippen LogP contribution in [-0.2, 0) is 23.0 Å². The molecule has 0 aliphatic heterocycles. The molecule has 0 aliphatic carbocycles. The highest BCUT2D eigenvalue weighted by molar-refractivity contribution is 7.91. The molecule has 0 bridgehead atoms. The number of rotatable bonds is 7. The summed E-state index contributed by atoms with van der Waals surface area (Å²) in [6.45, 7) is 2.96. The topological polar surface area (TPSA) is 71.1 Å². The van der Waals surface area contributed by atoms with Crippen LogP contribution in [0.5, 0.6) is 0 Å². The van der Waals surface area contributed by atoms with E-state index in [0.717, 1.165) is 29.1 Å². The van der Waals surface area contributed by atoms with E-state index in [1.54, 1.807) is 12.3 Å². The van der Waals surface area contributed by atoms with Gasteiger partial charge in [-0.3, -0.25) is 4.98 Å². The monoisotopic (exact) mass is 325 g/mol. The molecule has 0 aliphatic rings. The molecule has 0 amide bonds. The van der Waals surface area contributed by atoms with Crippen LogP contribution in [0.3, 0.4) is 0 Å². The fraction of sp³-hybridized carbons (Fsp3) is 0.357. The molecule has 2 N–H and O–H groups in total. The predicted molar refractivity (Wildman–Crippen MR) is 84.9 cm³/mol. The van der Waals surface area contributed by atoms with Crippen molar-refractivity contribution < 1.29 is 8.42 Å². The summed E-state index contributed by atoms with van der Waals surface area (Å²) >= 11 is 1.31. The van der Waals surface area contributed by atoms with E-state index >= 15 is 0 Å². The molecular weight excluding hydrogens is 306 g/mol. The Kier molecular flexibility index (Phi) is 5.46. The van der Waals surface area contributed by atoms with Gasteiger partial charge in [0.1, 0.15) is 4.21 Å². The standard InChI is InChI=1S/C14H19N3O2S2/c1-11-4-3-8-16-13(11)10-17-21(18,19)14-6-5-12(20-14)7-9-15-2/h3-6,8,15,17H,7,9-10H2,1-2H3. The van der Waals surface area contributed by atoms with Gasteiger partial charge in [0.2, 0.25) is 10.0 Å². The van der Waals surface area contributed by atoms with Crippen LogP contribution in [-0.4, -0.2) is 27.0 Å². The quantitative estimate of drug-likeness (QED) is 0.813. The number of aromatic nitrogens is 1. The number of hydrogen-bond acceptors (Lipinski definition) is 5. The number of nitrogens with one attached hydrogen (secondary N) is 2. The van der Waals surface area contributed by atoms with E-state index in [0.29, 0.717) is 4.21 Å². The van der Waals surface area contributed by atoms with Crippen LogP contribution >= 0.6 is 11.3 Å². The maximum absolute atomic E-state index is 12.3. The van der Waals surface area contributed by atoms with E-state index in [9.17, 15) is 8.42 Å². The first-order chi connectivity index (χ1) is 10.0. The van der Waals surface area contributed by atoms with Crippen LogP contribution in [0.15, 0.2) is 34.7 Å². The zero-order valence-corrected chi connectivity index (χ0v) is 13.7. The third-order valence-electron chi connectivity index (χ3n) is 3.07. The van der Waals surface area contributed by atoms with E-state index in [4.69, 9.17) is 0 Å². The summed E-state index contributed by atoms with van der Waals surface area (Å²) in [7, 11) is -1.59. The molecule has 0 spiro atoms. The lowest BCUT2D eigenvalue weighted by atomic mass is 10.2. The molecule has 2 heterocycles. The van der Waals surface area contributed by atoms with Gasteiger partial charge >= 0.3 is 0 Å². The lowest BCUT2D eigenvalue weighted by Gasteiger charge is -2.06. The molecular formula is C14H19N3O2S2. The Balaban J connectivity index is 2.05. The third kappa shape index (κ3) is 4.34. The Morgan fingerprint density at radius 3 is 2.81 bits per heavy atom. The third-order valence-corrected chi connectivity index (χ3v) is 6.11. The largest absolute Gasteiger partial charge is 0.319 e. The van der Waals surface area contributed by atoms with Crippen molar-refractivity contribution >= 4 is 21.4 Å². The highest BCUT2D eigenvalue weighted by Crippen LogP contribution is 2.22. The number of likely N-dealkylation sites (N-methyl/N-ethyl adjacent to an activating group) is 1. The van der Waals surface area contributed by atoms with Gasteiger partial charge in [-0.15, -0.1) is 11.3 Å². The van der Waals surface area contributed by atoms with Gasteiger partial charge in [-0.25, -0.2) is 13.1 Å². The molecule has 0 fully saturated rings. The summed E-state index contributed by atoms with van der Waals surface area (Å²) in [6, 6.07) is 7.27. The van der Waals surface area contributed by atoms with Gasteiger partial charge in [0.05, 0.1) is 12.2 Å². The average molecular weight is 325 g/mol. The fourth-order valence-electron chi connectivity index (χ4n) is 1.82. The zero-order valence-electron chi connectivity index (χ0n) is 12.1. The van der Waals surface area contributed by atoms with Crippen LogP contribution in [0.1, 0.15) is 16.1 Å². The van der Waals surface area contributed by atoms with E-state index < -0.39 is 10.0 Å². The Hall–Kier alpha value is -1.28. The number of nitrogens with zero attached hydrogens (tertiary/aromatic N) is 1. The molecule has 5 nitrogen and oxygen atoms in total. The molecule has 2 rings (SSSR count). The SMILES string of the molecule is CNCCc1ccc(S(=O)(=O)NCc2ncccc2C)s1. The summed E-state index contributed by atoms with van der Waals surface area (Å²) in [4.78, 5) is 5.24. The second-order valence-corrected chi connectivity index (χ2v) is 7.83. The highest BCUT2D eigenvalue weighted by atomic mass is 32.2. The normalized spacial score (nSPS) is 11.7. The predicted octanol–water partition coefficient (Wildman–Crippen LogP) is 1.69. The maximum Gasteiger partial charge on any atom is 0.250 e. The smallest absolute Gasteiger partial charge is 0.250 e. The van der Waals surface area contributed by atoms with Crippen molar-refractivity contribution in [3.05, 3.63) is 46.6 Å². The molecule has 114 valence electrons. The zero-order chi connectivity index (χ0) is 15.3. The Labute approximate surface area is 129 Å². The van der Waals surface area contributed by atoms with Crippen molar-refractivity contribution in [3.8, 4) is 0 Å². The van der Waals surface area contributed by atoms with Crippen molar-refractivity contribution in [2.45, 2.75) is 24.1 Å². The summed E-state index contributed by atoms with van der Waals surface area (Å²) in [5.41, 5.74) is 1.72. The first kappa shape index (κ1) is 16.1. The first-order valence-electron chi connectivity index (χ1n) is 6.66. The van der Waals surface area contributed by atoms with Gasteiger partial charge in [0, 0.05) is 11.1 Å². The Morgan fingerprint density at radius 1 is 1.29 bits per heavy atom. The van der Waals surface area contributed by atoms with Gasteiger partial charge in [-0.05, 0) is 50.7 Å². The van der Waals surface area contributed by atoms with Crippen LogP contribution in [0.4, 0.5) is 0 Å². The summed E-state index contributed by atoms with van der Waals surface area (Å²) in [5, 5.41) is 3.05. The maximum atomic E-state index is 12.3. The number of sulfonamides is 1. The molecule has 2 aromatic rings. The molecule has 7 heteroatoms. The van der Waals surface area contributed by atoms with Crippen molar-refractivity contribution in [3.63, 3.8) is 0 Å². The number of pyridine rings is 1. The minimum absolute atomic E-state index is 0.207. The number of hydrogen-bond donors (Lipinski definition) is 2. The Morgan fingerprint density at radius 2 is 2.10 bits per heavy atom. The van der Waals surface area contributed by atoms with Crippen LogP contribution in [0, 0.1) is 6.92 Å². The lowest BCUT2D eigenvalue weighted by Crippen LogP contribution is -2.23. The number of thiophene rings is 1. The number of aryl methyl sites for hydroxylation is 1. The molecule has 0 saturated carbocycles. The Bertz CT molecular complexity index is 696. The van der Waals surface area contributed by atoms with Crippen molar-refractivity contribution in [2.75, 3.05) is 13.6 Å². The minimum Gasteiger partial charge on any atom is -0.319 e. The first-order valence-corrected chi connectivity index (χ1v) is 8.96. The van der Waals surface area contributed by atoms with Crippen molar-refractivity contribution in [1.82, 2.24) is 15.0 Å². The minimum atomic E-state index is -3.47. The van der Waals surface area contributed by atoms with E-state index in [-0.39, 0.29) is 6.54 Å². The van der Waals surface area contributed by atoms with Crippen LogP contribution < -0.4 is 10.0 Å². The van der Waals surface area contributed by atoms with Gasteiger partial charge in [0.25, 0.3) is 0 Å². The highest BCUT2D eigenvalue weighted by Gasteiger charge is 2.17. The van der Waals surface area contributed by atoms with Crippen LogP contribution in [0.25, 0.3) is 0 Å². The van der Waals surface area contributed by atoms with Crippen molar-refractivity contribution in [1.29, 1.82) is 0 Å². The van der Waals surface area contributed by atoms with Crippen molar-refractivity contribution in [2.24, 2.45) is 0 Å². The lowest BCUT2D eigenvalue weighted by molar-refractivity contribution is 0.582. The summed E-state index contributed by atoms with van der Waals surface area (Å²) in [5.74, 6) is 0. The fourth-order valence-corrected chi connectivity index (χ4v) is 4.21. The molecule has 0 atom stereocenters. The summed E-state index contributed by atoms with van der Waals surface area (Å²) < 4.78 is 27.5. The average Bonchev–Trinajstić information content (AvgIpc) is 2.94. The molecule has 0 saturated heterocycles. The van der Waals surface area contributed by atoms with Crippen LogP contribution in [0.2, 0.25) is 0 Å². The molecule has 2 aromatic heterocycles. The van der Waals surface area contributed by atoms with Gasteiger partial charge in [0.15, 0.2) is 0 Å². The second kappa shape index (κ2) is 7.13. The van der Waals surface area contributed by atoms with E-state index in [2.05, 4.69) is 15.0 Å². The van der Waals surface area contributed by atoms with Gasteiger partial charge < -0.3 is 5.32 Å².